The fourth-order valence-electron chi connectivity index (χ4n) is 2.38. The van der Waals surface area contributed by atoms with E-state index in [2.05, 4.69) is 0 Å². The van der Waals surface area contributed by atoms with E-state index in [4.69, 9.17) is 0 Å². The summed E-state index contributed by atoms with van der Waals surface area (Å²) in [6.45, 7) is 5.49. The number of phenolic OH excluding ortho intramolecular Hbond substituents is 1. The number of aromatic hydroxyl groups is 1. The normalized spacial score (nSPS) is 15.3. The van der Waals surface area contributed by atoms with Crippen molar-refractivity contribution in [3.63, 3.8) is 0 Å². The Morgan fingerprint density at radius 3 is 2.52 bits per heavy atom. The molecular weight excluding hydrogens is 268 g/mol. The first-order chi connectivity index (χ1) is 9.82. The van der Waals surface area contributed by atoms with Crippen LogP contribution in [0.1, 0.15) is 46.5 Å². The van der Waals surface area contributed by atoms with Crippen molar-refractivity contribution in [2.45, 2.75) is 33.3 Å². The van der Waals surface area contributed by atoms with Crippen molar-refractivity contribution in [1.29, 1.82) is 0 Å². The molecule has 21 heavy (non-hydrogen) atoms. The number of hydrogen-bond acceptors (Lipinski definition) is 4. The van der Waals surface area contributed by atoms with Gasteiger partial charge in [-0.05, 0) is 44.9 Å². The third-order valence-electron chi connectivity index (χ3n) is 3.52. The SMILES string of the molecule is CC(C)=CC[C@H](O)C1=CC(=O)c2c(O)ccc(C)c2C1=O. The van der Waals surface area contributed by atoms with Gasteiger partial charge in [-0.1, -0.05) is 17.7 Å². The van der Waals surface area contributed by atoms with Crippen LogP contribution in [0.5, 0.6) is 5.75 Å². The van der Waals surface area contributed by atoms with Crippen LogP contribution >= 0.6 is 0 Å². The van der Waals surface area contributed by atoms with Gasteiger partial charge in [0.05, 0.1) is 11.7 Å². The maximum absolute atomic E-state index is 12.5. The molecule has 0 heterocycles. The molecule has 0 saturated heterocycles. The van der Waals surface area contributed by atoms with E-state index < -0.39 is 17.7 Å². The highest BCUT2D eigenvalue weighted by molar-refractivity contribution is 6.26. The lowest BCUT2D eigenvalue weighted by Gasteiger charge is -2.20. The van der Waals surface area contributed by atoms with Gasteiger partial charge in [0.2, 0.25) is 0 Å². The van der Waals surface area contributed by atoms with Gasteiger partial charge >= 0.3 is 0 Å². The molecule has 0 fully saturated rings. The summed E-state index contributed by atoms with van der Waals surface area (Å²) in [5.41, 5.74) is 1.94. The number of fused-ring (bicyclic) bond motifs is 1. The summed E-state index contributed by atoms with van der Waals surface area (Å²) in [5, 5.41) is 19.9. The predicted molar refractivity (Wildman–Crippen MR) is 79.6 cm³/mol. The quantitative estimate of drug-likeness (QED) is 0.838. The number of carbonyl (C=O) groups excluding carboxylic acids is 2. The topological polar surface area (TPSA) is 74.6 Å². The molecule has 4 nitrogen and oxygen atoms in total. The van der Waals surface area contributed by atoms with Gasteiger partial charge in [-0.25, -0.2) is 0 Å². The molecule has 1 aromatic rings. The van der Waals surface area contributed by atoms with E-state index >= 15 is 0 Å². The molecule has 1 aromatic carbocycles. The van der Waals surface area contributed by atoms with Crippen LogP contribution in [0.15, 0.2) is 35.4 Å². The van der Waals surface area contributed by atoms with Crippen LogP contribution in [0, 0.1) is 6.92 Å². The standard InChI is InChI=1S/C17H18O4/c1-9(2)4-6-12(18)11-8-14(20)16-13(19)7-5-10(3)15(16)17(11)21/h4-5,7-8,12,18-19H,6H2,1-3H3/t12-/m0/s1. The Morgan fingerprint density at radius 2 is 1.90 bits per heavy atom. The largest absolute Gasteiger partial charge is 0.507 e. The van der Waals surface area contributed by atoms with Gasteiger partial charge in [0.1, 0.15) is 5.75 Å². The average Bonchev–Trinajstić information content (AvgIpc) is 2.42. The minimum atomic E-state index is -1.02. The number of phenols is 1. The van der Waals surface area contributed by atoms with E-state index in [1.165, 1.54) is 6.07 Å². The molecule has 1 aliphatic carbocycles. The summed E-state index contributed by atoms with van der Waals surface area (Å²) in [6, 6.07) is 2.99. The summed E-state index contributed by atoms with van der Waals surface area (Å²) < 4.78 is 0. The summed E-state index contributed by atoms with van der Waals surface area (Å²) in [5.74, 6) is -1.05. The van der Waals surface area contributed by atoms with Crippen LogP contribution in [0.3, 0.4) is 0 Å². The third kappa shape index (κ3) is 2.81. The molecule has 1 atom stereocenters. The van der Waals surface area contributed by atoms with E-state index in [1.54, 1.807) is 13.0 Å². The number of ketones is 2. The van der Waals surface area contributed by atoms with E-state index in [1.807, 2.05) is 19.9 Å². The first-order valence-electron chi connectivity index (χ1n) is 6.77. The van der Waals surface area contributed by atoms with Gasteiger partial charge in [0.25, 0.3) is 0 Å². The first kappa shape index (κ1) is 15.2. The highest BCUT2D eigenvalue weighted by Crippen LogP contribution is 2.32. The molecule has 0 spiro atoms. The van der Waals surface area contributed by atoms with Gasteiger partial charge in [-0.3, -0.25) is 9.59 Å². The van der Waals surface area contributed by atoms with Gasteiger partial charge in [0.15, 0.2) is 11.6 Å². The number of Topliss-reactive ketones (excluding diaryl/α,β-unsaturated/α-hetero) is 1. The summed E-state index contributed by atoms with van der Waals surface area (Å²) >= 11 is 0. The maximum Gasteiger partial charge on any atom is 0.192 e. The Kier molecular flexibility index (Phi) is 4.09. The average molecular weight is 286 g/mol. The molecule has 2 N–H and O–H groups in total. The fourth-order valence-corrected chi connectivity index (χ4v) is 2.38. The number of aliphatic hydroxyl groups excluding tert-OH is 1. The molecule has 110 valence electrons. The highest BCUT2D eigenvalue weighted by Gasteiger charge is 2.32. The second-order valence-corrected chi connectivity index (χ2v) is 5.48. The highest BCUT2D eigenvalue weighted by atomic mass is 16.3. The minimum Gasteiger partial charge on any atom is -0.507 e. The van der Waals surface area contributed by atoms with E-state index in [0.717, 1.165) is 11.6 Å². The minimum absolute atomic E-state index is 0.0261. The first-order valence-corrected chi connectivity index (χ1v) is 6.77. The van der Waals surface area contributed by atoms with Gasteiger partial charge in [0, 0.05) is 11.1 Å². The summed E-state index contributed by atoms with van der Waals surface area (Å²) in [4.78, 5) is 24.7. The second kappa shape index (κ2) is 5.66. The molecule has 0 bridgehead atoms. The predicted octanol–water partition coefficient (Wildman–Crippen LogP) is 2.72. The second-order valence-electron chi connectivity index (χ2n) is 5.48. The fraction of sp³-hybridized carbons (Fsp3) is 0.294. The van der Waals surface area contributed by atoms with E-state index in [0.29, 0.717) is 5.56 Å². The van der Waals surface area contributed by atoms with Crippen LogP contribution in [0.2, 0.25) is 0 Å². The monoisotopic (exact) mass is 286 g/mol. The zero-order chi connectivity index (χ0) is 15.7. The molecule has 0 amide bonds. The van der Waals surface area contributed by atoms with Crippen LogP contribution < -0.4 is 0 Å². The molecule has 4 heteroatoms. The smallest absolute Gasteiger partial charge is 0.192 e. The summed E-state index contributed by atoms with van der Waals surface area (Å²) in [6.07, 6.45) is 2.20. The number of aryl methyl sites for hydroxylation is 1. The Hall–Kier alpha value is -2.20. The lowest BCUT2D eigenvalue weighted by Crippen LogP contribution is -2.25. The lowest BCUT2D eigenvalue weighted by atomic mass is 9.83. The molecule has 0 aliphatic heterocycles. The molecule has 0 radical (unpaired) electrons. The van der Waals surface area contributed by atoms with Crippen LogP contribution in [0.25, 0.3) is 0 Å². The molecule has 0 unspecified atom stereocenters. The van der Waals surface area contributed by atoms with Crippen molar-refractivity contribution in [3.05, 3.63) is 52.1 Å². The van der Waals surface area contributed by atoms with Crippen molar-refractivity contribution >= 4 is 11.6 Å². The van der Waals surface area contributed by atoms with Crippen molar-refractivity contribution in [2.75, 3.05) is 0 Å². The van der Waals surface area contributed by atoms with Gasteiger partial charge < -0.3 is 10.2 Å². The molecular formula is C17H18O4. The van der Waals surface area contributed by atoms with E-state index in [9.17, 15) is 19.8 Å². The Labute approximate surface area is 123 Å². The number of benzene rings is 1. The Bertz CT molecular complexity index is 676. The molecule has 0 aromatic heterocycles. The van der Waals surface area contributed by atoms with Crippen molar-refractivity contribution in [2.24, 2.45) is 0 Å². The molecule has 1 aliphatic rings. The van der Waals surface area contributed by atoms with E-state index in [-0.39, 0.29) is 28.9 Å². The number of hydrogen-bond donors (Lipinski definition) is 2. The number of allylic oxidation sites excluding steroid dienone is 2. The van der Waals surface area contributed by atoms with Crippen molar-refractivity contribution in [1.82, 2.24) is 0 Å². The third-order valence-corrected chi connectivity index (χ3v) is 3.52. The zero-order valence-electron chi connectivity index (χ0n) is 12.3. The van der Waals surface area contributed by atoms with Crippen molar-refractivity contribution < 1.29 is 19.8 Å². The molecule has 0 saturated carbocycles. The summed E-state index contributed by atoms with van der Waals surface area (Å²) in [7, 11) is 0. The number of carbonyl (C=O) groups is 2. The van der Waals surface area contributed by atoms with Gasteiger partial charge in [-0.2, -0.15) is 0 Å². The zero-order valence-corrected chi connectivity index (χ0v) is 12.3. The van der Waals surface area contributed by atoms with Crippen LogP contribution in [0.4, 0.5) is 0 Å². The van der Waals surface area contributed by atoms with Crippen LogP contribution in [-0.2, 0) is 0 Å². The number of rotatable bonds is 3. The Morgan fingerprint density at radius 1 is 1.24 bits per heavy atom. The number of aliphatic hydroxyl groups is 1. The van der Waals surface area contributed by atoms with Crippen molar-refractivity contribution in [3.8, 4) is 5.75 Å². The van der Waals surface area contributed by atoms with Gasteiger partial charge in [-0.15, -0.1) is 0 Å². The molecule has 2 rings (SSSR count). The Balaban J connectivity index is 2.46. The maximum atomic E-state index is 12.5. The van der Waals surface area contributed by atoms with Crippen LogP contribution in [-0.4, -0.2) is 27.9 Å². The lowest BCUT2D eigenvalue weighted by molar-refractivity contribution is 0.0945.